The number of anilines is 2. The number of nitrogens with one attached hydrogen (secondary N) is 1. The van der Waals surface area contributed by atoms with Crippen molar-refractivity contribution in [3.8, 4) is 0 Å². The monoisotopic (exact) mass is 206 g/mol. The largest absolute Gasteiger partial charge is 0.372 e. The fourth-order valence-corrected chi connectivity index (χ4v) is 2.12. The molecular formula is C11H18N4. The molecule has 0 aliphatic heterocycles. The molecule has 1 aliphatic carbocycles. The van der Waals surface area contributed by atoms with Gasteiger partial charge in [-0.3, -0.25) is 4.98 Å². The Balaban J connectivity index is 2.13. The van der Waals surface area contributed by atoms with Crippen LogP contribution in [-0.2, 0) is 0 Å². The number of nitrogens with zero attached hydrogens (tertiary/aromatic N) is 3. The van der Waals surface area contributed by atoms with Gasteiger partial charge >= 0.3 is 0 Å². The summed E-state index contributed by atoms with van der Waals surface area (Å²) in [6.45, 7) is 0. The van der Waals surface area contributed by atoms with Crippen LogP contribution in [0.2, 0.25) is 0 Å². The maximum Gasteiger partial charge on any atom is 0.149 e. The van der Waals surface area contributed by atoms with Crippen LogP contribution in [0.3, 0.4) is 0 Å². The van der Waals surface area contributed by atoms with Crippen molar-refractivity contribution in [2.45, 2.75) is 31.7 Å². The van der Waals surface area contributed by atoms with Crippen LogP contribution in [0.15, 0.2) is 12.4 Å². The van der Waals surface area contributed by atoms with E-state index in [4.69, 9.17) is 0 Å². The Hall–Kier alpha value is -1.32. The highest BCUT2D eigenvalue weighted by molar-refractivity contribution is 5.43. The molecule has 1 N–H and O–H groups in total. The zero-order chi connectivity index (χ0) is 10.7. The second kappa shape index (κ2) is 4.47. The Morgan fingerprint density at radius 2 is 2.07 bits per heavy atom. The normalized spacial score (nSPS) is 16.7. The molecule has 1 aliphatic rings. The molecule has 4 heteroatoms. The van der Waals surface area contributed by atoms with E-state index >= 15 is 0 Å². The van der Waals surface area contributed by atoms with Crippen molar-refractivity contribution >= 4 is 11.6 Å². The van der Waals surface area contributed by atoms with Gasteiger partial charge in [-0.15, -0.1) is 0 Å². The molecule has 2 rings (SSSR count). The van der Waals surface area contributed by atoms with Crippen LogP contribution in [0.1, 0.15) is 25.7 Å². The quantitative estimate of drug-likeness (QED) is 0.820. The second-order valence-electron chi connectivity index (χ2n) is 4.06. The van der Waals surface area contributed by atoms with Gasteiger partial charge in [0, 0.05) is 20.1 Å². The van der Waals surface area contributed by atoms with E-state index in [0.717, 1.165) is 11.6 Å². The van der Waals surface area contributed by atoms with Crippen molar-refractivity contribution in [3.05, 3.63) is 12.4 Å². The highest BCUT2D eigenvalue weighted by Gasteiger charge is 2.20. The van der Waals surface area contributed by atoms with Gasteiger partial charge in [0.25, 0.3) is 0 Å². The van der Waals surface area contributed by atoms with Crippen molar-refractivity contribution < 1.29 is 0 Å². The summed E-state index contributed by atoms with van der Waals surface area (Å²) >= 11 is 0. The first-order valence-electron chi connectivity index (χ1n) is 5.54. The van der Waals surface area contributed by atoms with E-state index in [0.29, 0.717) is 6.04 Å². The minimum atomic E-state index is 0.645. The fraction of sp³-hybridized carbons (Fsp3) is 0.636. The molecule has 4 nitrogen and oxygen atoms in total. The van der Waals surface area contributed by atoms with Crippen molar-refractivity contribution in [1.82, 2.24) is 9.97 Å². The number of hydrogen-bond acceptors (Lipinski definition) is 4. The molecule has 1 heterocycles. The molecule has 1 saturated carbocycles. The third-order valence-corrected chi connectivity index (χ3v) is 3.11. The summed E-state index contributed by atoms with van der Waals surface area (Å²) in [6, 6.07) is 0.645. The number of aromatic nitrogens is 2. The van der Waals surface area contributed by atoms with Gasteiger partial charge in [-0.1, -0.05) is 12.8 Å². The molecule has 0 radical (unpaired) electrons. The lowest BCUT2D eigenvalue weighted by atomic mass is 10.2. The molecule has 0 unspecified atom stereocenters. The van der Waals surface area contributed by atoms with Gasteiger partial charge in [0.05, 0.1) is 12.4 Å². The van der Waals surface area contributed by atoms with E-state index in [9.17, 15) is 0 Å². The summed E-state index contributed by atoms with van der Waals surface area (Å²) in [7, 11) is 3.98. The molecule has 1 aromatic rings. The van der Waals surface area contributed by atoms with Gasteiger partial charge in [0.15, 0.2) is 0 Å². The lowest BCUT2D eigenvalue weighted by molar-refractivity contribution is 0.645. The molecule has 0 atom stereocenters. The Bertz CT molecular complexity index is 320. The third kappa shape index (κ3) is 2.19. The summed E-state index contributed by atoms with van der Waals surface area (Å²) in [5.41, 5.74) is 0. The maximum atomic E-state index is 4.49. The van der Waals surface area contributed by atoms with Gasteiger partial charge < -0.3 is 10.2 Å². The zero-order valence-electron chi connectivity index (χ0n) is 9.40. The first kappa shape index (κ1) is 10.2. The lowest BCUT2D eigenvalue weighted by Gasteiger charge is -2.25. The maximum absolute atomic E-state index is 4.49. The van der Waals surface area contributed by atoms with Crippen LogP contribution in [-0.4, -0.2) is 30.1 Å². The fourth-order valence-electron chi connectivity index (χ4n) is 2.12. The van der Waals surface area contributed by atoms with Crippen LogP contribution >= 0.6 is 0 Å². The smallest absolute Gasteiger partial charge is 0.149 e. The molecule has 82 valence electrons. The molecule has 0 bridgehead atoms. The molecule has 1 fully saturated rings. The standard InChI is InChI=1S/C11H18N4/c1-12-10-7-13-8-11(14-10)15(2)9-5-3-4-6-9/h7-9H,3-6H2,1-2H3,(H,12,14). The van der Waals surface area contributed by atoms with Gasteiger partial charge in [-0.25, -0.2) is 4.98 Å². The van der Waals surface area contributed by atoms with E-state index in [1.165, 1.54) is 25.7 Å². The minimum absolute atomic E-state index is 0.645. The average molecular weight is 206 g/mol. The zero-order valence-corrected chi connectivity index (χ0v) is 9.40. The van der Waals surface area contributed by atoms with E-state index in [-0.39, 0.29) is 0 Å². The number of hydrogen-bond donors (Lipinski definition) is 1. The van der Waals surface area contributed by atoms with Crippen molar-refractivity contribution in [1.29, 1.82) is 0 Å². The molecule has 0 spiro atoms. The third-order valence-electron chi connectivity index (χ3n) is 3.11. The van der Waals surface area contributed by atoms with Crippen molar-refractivity contribution in [2.24, 2.45) is 0 Å². The van der Waals surface area contributed by atoms with Crippen LogP contribution < -0.4 is 10.2 Å². The predicted octanol–water partition coefficient (Wildman–Crippen LogP) is 1.90. The van der Waals surface area contributed by atoms with Gasteiger partial charge in [0.1, 0.15) is 11.6 Å². The van der Waals surface area contributed by atoms with Gasteiger partial charge in [-0.05, 0) is 12.8 Å². The van der Waals surface area contributed by atoms with Crippen molar-refractivity contribution in [3.63, 3.8) is 0 Å². The van der Waals surface area contributed by atoms with E-state index in [1.807, 2.05) is 13.2 Å². The summed E-state index contributed by atoms with van der Waals surface area (Å²) in [4.78, 5) is 10.9. The molecule has 15 heavy (non-hydrogen) atoms. The van der Waals surface area contributed by atoms with E-state index < -0.39 is 0 Å². The molecule has 0 amide bonds. The van der Waals surface area contributed by atoms with E-state index in [2.05, 4.69) is 27.2 Å². The predicted molar refractivity (Wildman–Crippen MR) is 62.2 cm³/mol. The Labute approximate surface area is 90.7 Å². The van der Waals surface area contributed by atoms with Crippen LogP contribution in [0.25, 0.3) is 0 Å². The Morgan fingerprint density at radius 1 is 1.33 bits per heavy atom. The van der Waals surface area contributed by atoms with Gasteiger partial charge in [-0.2, -0.15) is 0 Å². The minimum Gasteiger partial charge on any atom is -0.372 e. The summed E-state index contributed by atoms with van der Waals surface area (Å²) in [6.07, 6.45) is 8.82. The molecule has 1 aromatic heterocycles. The Morgan fingerprint density at radius 3 is 2.73 bits per heavy atom. The van der Waals surface area contributed by atoms with E-state index in [1.54, 1.807) is 6.20 Å². The van der Waals surface area contributed by atoms with Crippen molar-refractivity contribution in [2.75, 3.05) is 24.3 Å². The first-order chi connectivity index (χ1) is 7.31. The van der Waals surface area contributed by atoms with Crippen LogP contribution in [0, 0.1) is 0 Å². The van der Waals surface area contributed by atoms with Crippen LogP contribution in [0.4, 0.5) is 11.6 Å². The number of rotatable bonds is 3. The SMILES string of the molecule is CNc1cncc(N(C)C2CCCC2)n1. The summed E-state index contributed by atoms with van der Waals surface area (Å²) in [5.74, 6) is 1.80. The molecule has 0 aromatic carbocycles. The van der Waals surface area contributed by atoms with Gasteiger partial charge in [0.2, 0.25) is 0 Å². The highest BCUT2D eigenvalue weighted by Crippen LogP contribution is 2.25. The summed E-state index contributed by atoms with van der Waals surface area (Å²) in [5, 5.41) is 3.01. The molecular weight excluding hydrogens is 188 g/mol. The Kier molecular flexibility index (Phi) is 3.04. The average Bonchev–Trinajstić information content (AvgIpc) is 2.81. The summed E-state index contributed by atoms with van der Waals surface area (Å²) < 4.78 is 0. The molecule has 0 saturated heterocycles. The van der Waals surface area contributed by atoms with Crippen LogP contribution in [0.5, 0.6) is 0 Å². The second-order valence-corrected chi connectivity index (χ2v) is 4.06. The first-order valence-corrected chi connectivity index (χ1v) is 5.54. The lowest BCUT2D eigenvalue weighted by Crippen LogP contribution is -2.29. The highest BCUT2D eigenvalue weighted by atomic mass is 15.2. The topological polar surface area (TPSA) is 41.1 Å².